The van der Waals surface area contributed by atoms with Gasteiger partial charge in [0.25, 0.3) is 0 Å². The van der Waals surface area contributed by atoms with Crippen LogP contribution >= 0.6 is 0 Å². The van der Waals surface area contributed by atoms with Gasteiger partial charge in [-0.05, 0) is 50.2 Å². The summed E-state index contributed by atoms with van der Waals surface area (Å²) in [5.74, 6) is -0.537. The third-order valence-electron chi connectivity index (χ3n) is 3.90. The summed E-state index contributed by atoms with van der Waals surface area (Å²) in [6.07, 6.45) is 14.0. The number of hydrogen-bond donors (Lipinski definition) is 0. The fraction of sp³-hybridized carbons (Fsp3) is 0.421. The Bertz CT molecular complexity index is 528. The molecule has 0 heterocycles. The maximum atomic E-state index is 13.0. The second-order valence-corrected chi connectivity index (χ2v) is 6.22. The molecule has 0 radical (unpaired) electrons. The lowest BCUT2D eigenvalue weighted by Crippen LogP contribution is -2.19. The van der Waals surface area contributed by atoms with E-state index in [1.807, 2.05) is 13.0 Å². The van der Waals surface area contributed by atoms with Crippen LogP contribution in [0.4, 0.5) is 4.39 Å². The van der Waals surface area contributed by atoms with E-state index in [4.69, 9.17) is 0 Å². The van der Waals surface area contributed by atoms with Crippen LogP contribution in [0.3, 0.4) is 0 Å². The van der Waals surface area contributed by atoms with Gasteiger partial charge in [-0.25, -0.2) is 4.39 Å². The molecular formula is C19H25FO. The molecule has 0 N–H and O–H groups in total. The SMILES string of the molecule is CC1=C(/C=C/C(C)=C/C=C/C(F)=C\C=O)C(C)(C)CCC1. The Morgan fingerprint density at radius 3 is 2.57 bits per heavy atom. The second-order valence-electron chi connectivity index (χ2n) is 6.22. The minimum absolute atomic E-state index is 0.230. The largest absolute Gasteiger partial charge is 0.298 e. The van der Waals surface area contributed by atoms with E-state index in [1.54, 1.807) is 6.08 Å². The summed E-state index contributed by atoms with van der Waals surface area (Å²) in [7, 11) is 0. The Balaban J connectivity index is 2.80. The van der Waals surface area contributed by atoms with E-state index in [0.29, 0.717) is 6.29 Å². The van der Waals surface area contributed by atoms with Gasteiger partial charge in [0, 0.05) is 6.08 Å². The summed E-state index contributed by atoms with van der Waals surface area (Å²) in [6.45, 7) is 8.76. The van der Waals surface area contributed by atoms with Crippen LogP contribution in [0.2, 0.25) is 0 Å². The number of carbonyl (C=O) groups is 1. The molecule has 0 aliphatic heterocycles. The zero-order valence-corrected chi connectivity index (χ0v) is 13.4. The highest BCUT2D eigenvalue weighted by atomic mass is 19.1. The van der Waals surface area contributed by atoms with Gasteiger partial charge in [0.1, 0.15) is 12.1 Å². The molecule has 1 aliphatic rings. The fourth-order valence-corrected chi connectivity index (χ4v) is 2.69. The van der Waals surface area contributed by atoms with Crippen molar-refractivity contribution < 1.29 is 9.18 Å². The van der Waals surface area contributed by atoms with Gasteiger partial charge in [-0.2, -0.15) is 0 Å². The van der Waals surface area contributed by atoms with Crippen LogP contribution in [0.1, 0.15) is 47.0 Å². The van der Waals surface area contributed by atoms with Crippen molar-refractivity contribution in [2.45, 2.75) is 47.0 Å². The Hall–Kier alpha value is -1.70. The van der Waals surface area contributed by atoms with Crippen molar-refractivity contribution in [2.75, 3.05) is 0 Å². The zero-order chi connectivity index (χ0) is 15.9. The summed E-state index contributed by atoms with van der Waals surface area (Å²) < 4.78 is 13.0. The first-order valence-corrected chi connectivity index (χ1v) is 7.41. The molecule has 2 heteroatoms. The second kappa shape index (κ2) is 7.92. The minimum Gasteiger partial charge on any atom is -0.298 e. The third kappa shape index (κ3) is 5.66. The minimum atomic E-state index is -0.537. The normalized spacial score (nSPS) is 20.6. The summed E-state index contributed by atoms with van der Waals surface area (Å²) in [5.41, 5.74) is 4.16. The third-order valence-corrected chi connectivity index (χ3v) is 3.90. The smallest absolute Gasteiger partial charge is 0.145 e. The van der Waals surface area contributed by atoms with Crippen LogP contribution in [-0.4, -0.2) is 6.29 Å². The van der Waals surface area contributed by atoms with Crippen LogP contribution < -0.4 is 0 Å². The quantitative estimate of drug-likeness (QED) is 0.364. The summed E-state index contributed by atoms with van der Waals surface area (Å²) in [5, 5.41) is 0. The predicted octanol–water partition coefficient (Wildman–Crippen LogP) is 5.62. The van der Waals surface area contributed by atoms with E-state index in [9.17, 15) is 9.18 Å². The summed E-state index contributed by atoms with van der Waals surface area (Å²) >= 11 is 0. The lowest BCUT2D eigenvalue weighted by molar-refractivity contribution is -0.104. The van der Waals surface area contributed by atoms with E-state index in [-0.39, 0.29) is 5.41 Å². The number of carbonyl (C=O) groups excluding carboxylic acids is 1. The van der Waals surface area contributed by atoms with Crippen molar-refractivity contribution >= 4 is 6.29 Å². The average Bonchev–Trinajstić information content (AvgIpc) is 2.37. The zero-order valence-electron chi connectivity index (χ0n) is 13.4. The van der Waals surface area contributed by atoms with Crippen LogP contribution in [-0.2, 0) is 4.79 Å². The van der Waals surface area contributed by atoms with E-state index in [0.717, 1.165) is 11.6 Å². The van der Waals surface area contributed by atoms with Gasteiger partial charge >= 0.3 is 0 Å². The monoisotopic (exact) mass is 288 g/mol. The van der Waals surface area contributed by atoms with E-state index in [2.05, 4.69) is 32.9 Å². The van der Waals surface area contributed by atoms with Crippen molar-refractivity contribution in [1.29, 1.82) is 0 Å². The molecule has 1 rings (SSSR count). The van der Waals surface area contributed by atoms with E-state index in [1.165, 1.54) is 36.5 Å². The van der Waals surface area contributed by atoms with Crippen LogP contribution in [0.25, 0.3) is 0 Å². The molecule has 0 saturated carbocycles. The van der Waals surface area contributed by atoms with Gasteiger partial charge in [-0.1, -0.05) is 49.3 Å². The fourth-order valence-electron chi connectivity index (χ4n) is 2.69. The number of rotatable bonds is 5. The number of hydrogen-bond acceptors (Lipinski definition) is 1. The first kappa shape index (κ1) is 17.4. The highest BCUT2D eigenvalue weighted by molar-refractivity contribution is 5.66. The van der Waals surface area contributed by atoms with Gasteiger partial charge < -0.3 is 0 Å². The van der Waals surface area contributed by atoms with Crippen LogP contribution in [0.15, 0.2) is 59.0 Å². The first-order chi connectivity index (χ1) is 9.86. The molecule has 114 valence electrons. The molecule has 21 heavy (non-hydrogen) atoms. The average molecular weight is 288 g/mol. The Morgan fingerprint density at radius 1 is 1.24 bits per heavy atom. The van der Waals surface area contributed by atoms with Crippen molar-refractivity contribution in [1.82, 2.24) is 0 Å². The maximum Gasteiger partial charge on any atom is 0.145 e. The number of halogens is 1. The molecule has 0 aromatic heterocycles. The maximum absolute atomic E-state index is 13.0. The Morgan fingerprint density at radius 2 is 1.95 bits per heavy atom. The van der Waals surface area contributed by atoms with Gasteiger partial charge in [-0.15, -0.1) is 0 Å². The van der Waals surface area contributed by atoms with Gasteiger partial charge in [0.2, 0.25) is 0 Å². The molecule has 1 nitrogen and oxygen atoms in total. The van der Waals surface area contributed by atoms with Crippen molar-refractivity contribution in [3.8, 4) is 0 Å². The molecule has 1 aliphatic carbocycles. The molecule has 0 atom stereocenters. The lowest BCUT2D eigenvalue weighted by atomic mass is 9.72. The molecule has 0 amide bonds. The summed E-state index contributed by atoms with van der Waals surface area (Å²) in [6, 6.07) is 0. The van der Waals surface area contributed by atoms with Crippen molar-refractivity contribution in [2.24, 2.45) is 5.41 Å². The number of aldehydes is 1. The predicted molar refractivity (Wildman–Crippen MR) is 87.6 cm³/mol. The molecule has 0 aromatic carbocycles. The molecule has 0 fully saturated rings. The molecule has 0 aromatic rings. The van der Waals surface area contributed by atoms with Crippen molar-refractivity contribution in [3.63, 3.8) is 0 Å². The molecule has 0 unspecified atom stereocenters. The summed E-state index contributed by atoms with van der Waals surface area (Å²) in [4.78, 5) is 10.1. The standard InChI is InChI=1S/C19H25FO/c1-15(7-5-9-17(20)12-14-21)10-11-18-16(2)8-6-13-19(18,3)4/h5,7,9-12,14H,6,8,13H2,1-4H3/b9-5+,11-10+,15-7+,17-12+. The number of allylic oxidation sites excluding steroid dienone is 10. The first-order valence-electron chi connectivity index (χ1n) is 7.41. The van der Waals surface area contributed by atoms with Crippen LogP contribution in [0, 0.1) is 5.41 Å². The molecule has 0 bridgehead atoms. The van der Waals surface area contributed by atoms with E-state index >= 15 is 0 Å². The lowest BCUT2D eigenvalue weighted by Gasteiger charge is -2.32. The van der Waals surface area contributed by atoms with Crippen molar-refractivity contribution in [3.05, 3.63) is 59.0 Å². The Labute approximate surface area is 127 Å². The van der Waals surface area contributed by atoms with Crippen LogP contribution in [0.5, 0.6) is 0 Å². The highest BCUT2D eigenvalue weighted by Gasteiger charge is 2.26. The molecule has 0 saturated heterocycles. The Kier molecular flexibility index (Phi) is 6.54. The topological polar surface area (TPSA) is 17.1 Å². The van der Waals surface area contributed by atoms with E-state index < -0.39 is 5.83 Å². The molecule has 0 spiro atoms. The molecular weight excluding hydrogens is 263 g/mol. The highest BCUT2D eigenvalue weighted by Crippen LogP contribution is 2.40. The van der Waals surface area contributed by atoms with Gasteiger partial charge in [0.15, 0.2) is 0 Å². The van der Waals surface area contributed by atoms with Gasteiger partial charge in [-0.3, -0.25) is 4.79 Å². The van der Waals surface area contributed by atoms with Gasteiger partial charge in [0.05, 0.1) is 0 Å².